The number of aromatic nitrogens is 1. The highest BCUT2D eigenvalue weighted by Gasteiger charge is 2.25. The number of hydrogen-bond acceptors (Lipinski definition) is 5. The smallest absolute Gasteiger partial charge is 0.284 e. The molecule has 0 saturated carbocycles. The van der Waals surface area contributed by atoms with Gasteiger partial charge in [-0.15, -0.1) is 11.3 Å². The summed E-state index contributed by atoms with van der Waals surface area (Å²) in [6.07, 6.45) is 1.36. The lowest BCUT2D eigenvalue weighted by Gasteiger charge is -2.20. The van der Waals surface area contributed by atoms with Crippen LogP contribution in [0.3, 0.4) is 0 Å². The minimum Gasteiger partial charge on any atom is -0.495 e. The van der Waals surface area contributed by atoms with E-state index in [1.807, 2.05) is 24.3 Å². The molecule has 0 aliphatic carbocycles. The number of nitrogens with one attached hydrogen (secondary N) is 1. The Hall–Kier alpha value is -2.93. The number of carbonyl (C=O) groups is 2. The van der Waals surface area contributed by atoms with Crippen LogP contribution in [0.2, 0.25) is 0 Å². The number of hydrogen-bond donors (Lipinski definition) is 1. The maximum atomic E-state index is 12.6. The Labute approximate surface area is 154 Å². The molecule has 132 valence electrons. The molecule has 6 nitrogen and oxygen atoms in total. The van der Waals surface area contributed by atoms with Gasteiger partial charge in [-0.05, 0) is 36.8 Å². The number of fused-ring (bicyclic) bond motifs is 1. The van der Waals surface area contributed by atoms with Crippen molar-refractivity contribution < 1.29 is 14.3 Å². The van der Waals surface area contributed by atoms with Gasteiger partial charge in [0.15, 0.2) is 5.01 Å². The molecule has 2 heterocycles. The first-order valence-corrected chi connectivity index (χ1v) is 9.12. The van der Waals surface area contributed by atoms with Gasteiger partial charge >= 0.3 is 0 Å². The number of thiazole rings is 1. The van der Waals surface area contributed by atoms with Gasteiger partial charge in [0.25, 0.3) is 5.91 Å². The number of benzene rings is 2. The maximum Gasteiger partial charge on any atom is 0.284 e. The second-order valence-electron chi connectivity index (χ2n) is 5.98. The molecule has 0 atom stereocenters. The fourth-order valence-corrected chi connectivity index (χ4v) is 3.90. The standard InChI is InChI=1S/C19H17N3O3S/c1-25-15-9-8-12(11-14(15)22-10-4-7-17(22)23)20-18(24)19-21-13-5-2-3-6-16(13)26-19/h2-3,5-6,8-9,11H,4,7,10H2,1H3,(H,20,24). The van der Waals surface area contributed by atoms with Crippen LogP contribution in [0, 0.1) is 0 Å². The highest BCUT2D eigenvalue weighted by molar-refractivity contribution is 7.20. The molecule has 3 aromatic rings. The van der Waals surface area contributed by atoms with Gasteiger partial charge in [-0.3, -0.25) is 9.59 Å². The number of amides is 2. The van der Waals surface area contributed by atoms with Crippen LogP contribution in [0.4, 0.5) is 11.4 Å². The topological polar surface area (TPSA) is 71.5 Å². The van der Waals surface area contributed by atoms with Crippen molar-refractivity contribution in [2.24, 2.45) is 0 Å². The van der Waals surface area contributed by atoms with Crippen LogP contribution in [0.5, 0.6) is 5.75 Å². The molecule has 26 heavy (non-hydrogen) atoms. The van der Waals surface area contributed by atoms with Crippen LogP contribution >= 0.6 is 11.3 Å². The lowest BCUT2D eigenvalue weighted by atomic mass is 10.2. The largest absolute Gasteiger partial charge is 0.495 e. The number of methoxy groups -OCH3 is 1. The summed E-state index contributed by atoms with van der Waals surface area (Å²) in [7, 11) is 1.57. The minimum atomic E-state index is -0.268. The first-order chi connectivity index (χ1) is 12.7. The molecule has 0 spiro atoms. The van der Waals surface area contributed by atoms with E-state index in [4.69, 9.17) is 4.74 Å². The van der Waals surface area contributed by atoms with Crippen LogP contribution in [0.1, 0.15) is 22.6 Å². The summed E-state index contributed by atoms with van der Waals surface area (Å²) >= 11 is 1.35. The first kappa shape index (κ1) is 16.5. The minimum absolute atomic E-state index is 0.0675. The predicted molar refractivity (Wildman–Crippen MR) is 102 cm³/mol. The quantitative estimate of drug-likeness (QED) is 0.763. The average molecular weight is 367 g/mol. The average Bonchev–Trinajstić information content (AvgIpc) is 3.27. The summed E-state index contributed by atoms with van der Waals surface area (Å²) < 4.78 is 6.34. The maximum absolute atomic E-state index is 12.6. The summed E-state index contributed by atoms with van der Waals surface area (Å²) in [5.74, 6) is 0.409. The molecule has 7 heteroatoms. The Kier molecular flexibility index (Phi) is 4.30. The molecule has 0 bridgehead atoms. The third-order valence-electron chi connectivity index (χ3n) is 4.29. The normalized spacial score (nSPS) is 14.0. The fourth-order valence-electron chi connectivity index (χ4n) is 3.04. The van der Waals surface area contributed by atoms with Gasteiger partial charge in [0.05, 0.1) is 23.0 Å². The first-order valence-electron chi connectivity index (χ1n) is 8.31. The molecule has 0 radical (unpaired) electrons. The third-order valence-corrected chi connectivity index (χ3v) is 5.32. The van der Waals surface area contributed by atoms with Crippen molar-refractivity contribution in [3.8, 4) is 5.75 Å². The molecule has 1 saturated heterocycles. The molecule has 1 aliphatic heterocycles. The van der Waals surface area contributed by atoms with Crippen LogP contribution in [0.15, 0.2) is 42.5 Å². The van der Waals surface area contributed by atoms with E-state index < -0.39 is 0 Å². The van der Waals surface area contributed by atoms with E-state index in [0.717, 1.165) is 16.6 Å². The van der Waals surface area contributed by atoms with E-state index in [1.54, 1.807) is 30.2 Å². The molecule has 1 N–H and O–H groups in total. The van der Waals surface area contributed by atoms with Crippen molar-refractivity contribution in [3.63, 3.8) is 0 Å². The van der Waals surface area contributed by atoms with E-state index in [-0.39, 0.29) is 11.8 Å². The second-order valence-corrected chi connectivity index (χ2v) is 7.01. The van der Waals surface area contributed by atoms with Crippen molar-refractivity contribution in [2.75, 3.05) is 23.9 Å². The predicted octanol–water partition coefficient (Wildman–Crippen LogP) is 3.68. The molecule has 0 unspecified atom stereocenters. The molecule has 2 aromatic carbocycles. The number of ether oxygens (including phenoxy) is 1. The van der Waals surface area contributed by atoms with Crippen molar-refractivity contribution in [2.45, 2.75) is 12.8 Å². The Morgan fingerprint density at radius 1 is 1.27 bits per heavy atom. The Bertz CT molecular complexity index is 966. The molecular formula is C19H17N3O3S. The van der Waals surface area contributed by atoms with E-state index in [1.165, 1.54) is 11.3 Å². The zero-order valence-corrected chi connectivity index (χ0v) is 15.0. The monoisotopic (exact) mass is 367 g/mol. The fraction of sp³-hybridized carbons (Fsp3) is 0.211. The van der Waals surface area contributed by atoms with Gasteiger partial charge in [-0.25, -0.2) is 4.98 Å². The van der Waals surface area contributed by atoms with E-state index >= 15 is 0 Å². The third kappa shape index (κ3) is 3.01. The van der Waals surface area contributed by atoms with Crippen LogP contribution < -0.4 is 15.0 Å². The summed E-state index contributed by atoms with van der Waals surface area (Å²) in [6.45, 7) is 0.657. The number of anilines is 2. The van der Waals surface area contributed by atoms with Crippen molar-refractivity contribution in [3.05, 3.63) is 47.5 Å². The molecule has 1 aliphatic rings. The summed E-state index contributed by atoms with van der Waals surface area (Å²) in [5.41, 5.74) is 2.09. The SMILES string of the molecule is COc1ccc(NC(=O)c2nc3ccccc3s2)cc1N1CCCC1=O. The van der Waals surface area contributed by atoms with Gasteiger partial charge in [-0.1, -0.05) is 12.1 Å². The van der Waals surface area contributed by atoms with Gasteiger partial charge in [-0.2, -0.15) is 0 Å². The van der Waals surface area contributed by atoms with Crippen LogP contribution in [0.25, 0.3) is 10.2 Å². The zero-order valence-electron chi connectivity index (χ0n) is 14.2. The highest BCUT2D eigenvalue weighted by Crippen LogP contribution is 2.34. The summed E-state index contributed by atoms with van der Waals surface area (Å²) in [5, 5.41) is 3.27. The summed E-state index contributed by atoms with van der Waals surface area (Å²) in [4.78, 5) is 30.7. The highest BCUT2D eigenvalue weighted by atomic mass is 32.1. The molecule has 2 amide bonds. The molecule has 1 fully saturated rings. The van der Waals surface area contributed by atoms with E-state index in [2.05, 4.69) is 10.3 Å². The van der Waals surface area contributed by atoms with Crippen LogP contribution in [-0.4, -0.2) is 30.5 Å². The summed E-state index contributed by atoms with van der Waals surface area (Å²) in [6, 6.07) is 12.9. The Morgan fingerprint density at radius 3 is 2.85 bits per heavy atom. The van der Waals surface area contributed by atoms with Gasteiger partial charge < -0.3 is 15.0 Å². The number of carbonyl (C=O) groups excluding carboxylic acids is 2. The number of nitrogens with zero attached hydrogens (tertiary/aromatic N) is 2. The van der Waals surface area contributed by atoms with Gasteiger partial charge in [0.1, 0.15) is 5.75 Å². The second kappa shape index (κ2) is 6.76. The Morgan fingerprint density at radius 2 is 2.12 bits per heavy atom. The van der Waals surface area contributed by atoms with Crippen LogP contribution in [-0.2, 0) is 4.79 Å². The zero-order chi connectivity index (χ0) is 18.1. The number of rotatable bonds is 4. The lowest BCUT2D eigenvalue weighted by Crippen LogP contribution is -2.24. The lowest BCUT2D eigenvalue weighted by molar-refractivity contribution is -0.117. The van der Waals surface area contributed by atoms with Gasteiger partial charge in [0.2, 0.25) is 5.91 Å². The van der Waals surface area contributed by atoms with Crippen molar-refractivity contribution >= 4 is 44.7 Å². The molecule has 1 aromatic heterocycles. The Balaban J connectivity index is 1.61. The molecular weight excluding hydrogens is 350 g/mol. The number of para-hydroxylation sites is 1. The van der Waals surface area contributed by atoms with Crippen molar-refractivity contribution in [1.82, 2.24) is 4.98 Å². The molecule has 4 rings (SSSR count). The van der Waals surface area contributed by atoms with E-state index in [9.17, 15) is 9.59 Å². The van der Waals surface area contributed by atoms with Crippen molar-refractivity contribution in [1.29, 1.82) is 0 Å². The van der Waals surface area contributed by atoms with E-state index in [0.29, 0.717) is 35.1 Å². The van der Waals surface area contributed by atoms with Gasteiger partial charge in [0, 0.05) is 18.7 Å².